The zero-order valence-corrected chi connectivity index (χ0v) is 18.9. The van der Waals surface area contributed by atoms with E-state index in [1.807, 2.05) is 6.92 Å². The quantitative estimate of drug-likeness (QED) is 0.647. The van der Waals surface area contributed by atoms with Crippen LogP contribution in [0, 0.1) is 6.92 Å². The maximum absolute atomic E-state index is 13.5. The van der Waals surface area contributed by atoms with Crippen LogP contribution in [-0.4, -0.2) is 44.7 Å². The first-order chi connectivity index (χ1) is 14.6. The molecule has 0 spiro atoms. The van der Waals surface area contributed by atoms with E-state index >= 15 is 0 Å². The second kappa shape index (κ2) is 8.54. The van der Waals surface area contributed by atoms with E-state index in [0.29, 0.717) is 0 Å². The molecule has 0 radical (unpaired) electrons. The third-order valence-corrected chi connectivity index (χ3v) is 6.80. The molecule has 31 heavy (non-hydrogen) atoms. The number of fused-ring (bicyclic) bond motifs is 1. The molecule has 1 aliphatic heterocycles. The molecular weight excluding hydrogens is 422 g/mol. The Morgan fingerprint density at radius 2 is 1.81 bits per heavy atom. The van der Waals surface area contributed by atoms with Crippen molar-refractivity contribution < 1.29 is 22.7 Å². The van der Waals surface area contributed by atoms with Crippen molar-refractivity contribution in [1.29, 1.82) is 0 Å². The van der Waals surface area contributed by atoms with Crippen molar-refractivity contribution in [3.05, 3.63) is 51.3 Å². The Hall–Kier alpha value is -3.14. The van der Waals surface area contributed by atoms with Crippen LogP contribution in [0.4, 0.5) is 5.82 Å². The summed E-state index contributed by atoms with van der Waals surface area (Å²) in [6.45, 7) is 5.32. The Morgan fingerprint density at radius 3 is 2.35 bits per heavy atom. The Balaban J connectivity index is 2.31. The Labute approximate surface area is 181 Å². The van der Waals surface area contributed by atoms with E-state index in [1.165, 1.54) is 37.0 Å². The fraction of sp³-hybridized carbons (Fsp3) is 0.381. The largest absolute Gasteiger partial charge is 0.468 e. The van der Waals surface area contributed by atoms with Gasteiger partial charge in [0.05, 0.1) is 24.7 Å². The minimum Gasteiger partial charge on any atom is -0.468 e. The third kappa shape index (κ3) is 4.07. The minimum absolute atomic E-state index is 0.0110. The van der Waals surface area contributed by atoms with Crippen molar-refractivity contribution in [1.82, 2.24) is 9.55 Å². The first-order valence-corrected chi connectivity index (χ1v) is 11.1. The highest BCUT2D eigenvalue weighted by Gasteiger charge is 2.33. The number of sulfonamides is 1. The van der Waals surface area contributed by atoms with Gasteiger partial charge in [-0.2, -0.15) is 4.98 Å². The molecule has 0 amide bonds. The van der Waals surface area contributed by atoms with Crippen LogP contribution in [0.25, 0.3) is 6.08 Å². The molecule has 0 bridgehead atoms. The maximum Gasteiger partial charge on any atom is 0.333 e. The van der Waals surface area contributed by atoms with Crippen LogP contribution < -0.4 is 14.6 Å². The zero-order chi connectivity index (χ0) is 22.9. The van der Waals surface area contributed by atoms with Crippen LogP contribution >= 0.6 is 0 Å². The lowest BCUT2D eigenvalue weighted by Crippen LogP contribution is -2.36. The Bertz CT molecular complexity index is 1200. The second-order valence-corrected chi connectivity index (χ2v) is 9.27. The van der Waals surface area contributed by atoms with Crippen molar-refractivity contribution >= 4 is 27.9 Å². The first kappa shape index (κ1) is 22.5. The van der Waals surface area contributed by atoms with Gasteiger partial charge in [-0.1, -0.05) is 17.7 Å². The lowest BCUT2D eigenvalue weighted by atomic mass is 10.1. The average molecular weight is 448 g/mol. The number of aryl methyl sites for hydroxylation is 1. The summed E-state index contributed by atoms with van der Waals surface area (Å²) in [5, 5.41) is 0. The van der Waals surface area contributed by atoms with Gasteiger partial charge >= 0.3 is 12.0 Å². The topological polar surface area (TPSA) is 108 Å². The number of anilines is 1. The van der Waals surface area contributed by atoms with E-state index in [2.05, 4.69) is 4.98 Å². The summed E-state index contributed by atoms with van der Waals surface area (Å²) >= 11 is 0. The number of carbonyl (C=O) groups is 1. The SMILES string of the molecule is COC(=O)C1=Cc2c(nc(OC)n(C(C)C)c2=O)N(S(=O)(=O)c2ccc(C)cc2)CC1. The number of nitrogens with zero attached hydrogens (tertiary/aromatic N) is 3. The average Bonchev–Trinajstić information content (AvgIpc) is 2.93. The summed E-state index contributed by atoms with van der Waals surface area (Å²) in [6, 6.07) is 6.05. The van der Waals surface area contributed by atoms with Gasteiger partial charge in [-0.05, 0) is 45.4 Å². The van der Waals surface area contributed by atoms with Crippen LogP contribution in [0.1, 0.15) is 37.4 Å². The lowest BCUT2D eigenvalue weighted by Gasteiger charge is -2.25. The molecule has 1 aromatic heterocycles. The number of rotatable bonds is 5. The monoisotopic (exact) mass is 447 g/mol. The van der Waals surface area contributed by atoms with Crippen molar-refractivity contribution in [2.75, 3.05) is 25.1 Å². The van der Waals surface area contributed by atoms with Gasteiger partial charge in [-0.3, -0.25) is 9.36 Å². The predicted molar refractivity (Wildman–Crippen MR) is 116 cm³/mol. The van der Waals surface area contributed by atoms with E-state index in [4.69, 9.17) is 9.47 Å². The normalized spacial score (nSPS) is 14.0. The fourth-order valence-corrected chi connectivity index (χ4v) is 4.80. The molecule has 0 saturated carbocycles. The first-order valence-electron chi connectivity index (χ1n) is 9.70. The number of benzene rings is 1. The summed E-state index contributed by atoms with van der Waals surface area (Å²) in [7, 11) is -1.47. The van der Waals surface area contributed by atoms with Gasteiger partial charge in [0.1, 0.15) is 0 Å². The van der Waals surface area contributed by atoms with Crippen LogP contribution in [-0.2, 0) is 19.6 Å². The molecule has 10 heteroatoms. The van der Waals surface area contributed by atoms with Crippen molar-refractivity contribution in [2.45, 2.75) is 38.1 Å². The van der Waals surface area contributed by atoms with Gasteiger partial charge in [0.15, 0.2) is 5.82 Å². The zero-order valence-electron chi connectivity index (χ0n) is 18.1. The van der Waals surface area contributed by atoms with Gasteiger partial charge in [0.25, 0.3) is 15.6 Å². The highest BCUT2D eigenvalue weighted by molar-refractivity contribution is 7.92. The number of carbonyl (C=O) groups excluding carboxylic acids is 1. The fourth-order valence-electron chi connectivity index (χ4n) is 3.37. The number of hydrogen-bond donors (Lipinski definition) is 0. The van der Waals surface area contributed by atoms with E-state index in [1.54, 1.807) is 26.0 Å². The van der Waals surface area contributed by atoms with Gasteiger partial charge in [0.2, 0.25) is 0 Å². The maximum atomic E-state index is 13.5. The lowest BCUT2D eigenvalue weighted by molar-refractivity contribution is -0.136. The summed E-state index contributed by atoms with van der Waals surface area (Å²) in [6.07, 6.45) is 1.41. The van der Waals surface area contributed by atoms with E-state index in [-0.39, 0.29) is 46.9 Å². The number of esters is 1. The van der Waals surface area contributed by atoms with E-state index < -0.39 is 21.6 Å². The molecule has 0 fully saturated rings. The highest BCUT2D eigenvalue weighted by Crippen LogP contribution is 2.32. The number of aromatic nitrogens is 2. The van der Waals surface area contributed by atoms with Crippen LogP contribution in [0.2, 0.25) is 0 Å². The predicted octanol–water partition coefficient (Wildman–Crippen LogP) is 2.30. The minimum atomic E-state index is -4.06. The van der Waals surface area contributed by atoms with Crippen molar-refractivity contribution in [3.63, 3.8) is 0 Å². The Morgan fingerprint density at radius 1 is 1.16 bits per heavy atom. The van der Waals surface area contributed by atoms with E-state index in [0.717, 1.165) is 9.87 Å². The van der Waals surface area contributed by atoms with Crippen molar-refractivity contribution in [2.24, 2.45) is 0 Å². The summed E-state index contributed by atoms with van der Waals surface area (Å²) in [5.41, 5.74) is 0.571. The summed E-state index contributed by atoms with van der Waals surface area (Å²) < 4.78 is 39.4. The molecule has 2 aromatic rings. The smallest absolute Gasteiger partial charge is 0.333 e. The van der Waals surface area contributed by atoms with Crippen LogP contribution in [0.3, 0.4) is 0 Å². The highest BCUT2D eigenvalue weighted by atomic mass is 32.2. The molecule has 3 rings (SSSR count). The molecule has 0 aliphatic carbocycles. The summed E-state index contributed by atoms with van der Waals surface area (Å²) in [4.78, 5) is 30.0. The second-order valence-electron chi connectivity index (χ2n) is 7.41. The van der Waals surface area contributed by atoms with Gasteiger partial charge in [-0.15, -0.1) is 0 Å². The molecule has 0 saturated heterocycles. The van der Waals surface area contributed by atoms with Gasteiger partial charge < -0.3 is 9.47 Å². The molecule has 166 valence electrons. The van der Waals surface area contributed by atoms with Gasteiger partial charge in [-0.25, -0.2) is 17.5 Å². The van der Waals surface area contributed by atoms with Crippen molar-refractivity contribution in [3.8, 4) is 6.01 Å². The number of ether oxygens (including phenoxy) is 2. The number of methoxy groups -OCH3 is 2. The molecule has 9 nitrogen and oxygen atoms in total. The standard InChI is InChI=1S/C21H25N3O6S/c1-13(2)24-19(25)17-12-15(20(26)29-4)10-11-23(18(17)22-21(24)30-5)31(27,28)16-8-6-14(3)7-9-16/h6-9,12-13H,10-11H2,1-5H3. The van der Waals surface area contributed by atoms with Crippen LogP contribution in [0.15, 0.2) is 39.5 Å². The number of hydrogen-bond acceptors (Lipinski definition) is 7. The Kier molecular flexibility index (Phi) is 6.21. The molecule has 2 heterocycles. The molecule has 0 N–H and O–H groups in total. The van der Waals surface area contributed by atoms with Gasteiger partial charge in [0, 0.05) is 18.2 Å². The molecule has 0 atom stereocenters. The third-order valence-electron chi connectivity index (χ3n) is 4.99. The molecule has 0 unspecified atom stereocenters. The molecule has 1 aliphatic rings. The molecule has 1 aromatic carbocycles. The summed E-state index contributed by atoms with van der Waals surface area (Å²) in [5.74, 6) is -0.718. The van der Waals surface area contributed by atoms with E-state index in [9.17, 15) is 18.0 Å². The molecular formula is C21H25N3O6S. The van der Waals surface area contributed by atoms with Crippen LogP contribution in [0.5, 0.6) is 6.01 Å².